The standard InChI is InChI=1S/C13H13ClN2O/c14-13-10(12-8-15-5-6-17-12)7-9-3-1-2-4-11(9)16-13/h1-4,7,12,15H,5-6,8H2. The van der Waals surface area contributed by atoms with Crippen LogP contribution < -0.4 is 5.32 Å². The van der Waals surface area contributed by atoms with Crippen molar-refractivity contribution in [2.45, 2.75) is 6.10 Å². The van der Waals surface area contributed by atoms with Gasteiger partial charge in [-0.2, -0.15) is 0 Å². The SMILES string of the molecule is Clc1nc2ccccc2cc1C1CNCCO1. The van der Waals surface area contributed by atoms with Gasteiger partial charge in [0.05, 0.1) is 18.2 Å². The highest BCUT2D eigenvalue weighted by Gasteiger charge is 2.19. The van der Waals surface area contributed by atoms with Crippen LogP contribution in [0.25, 0.3) is 10.9 Å². The molecule has 2 heterocycles. The van der Waals surface area contributed by atoms with E-state index in [0.717, 1.165) is 29.6 Å². The van der Waals surface area contributed by atoms with E-state index >= 15 is 0 Å². The first kappa shape index (κ1) is 11.0. The summed E-state index contributed by atoms with van der Waals surface area (Å²) in [5.41, 5.74) is 1.89. The van der Waals surface area contributed by atoms with E-state index in [9.17, 15) is 0 Å². The van der Waals surface area contributed by atoms with Crippen LogP contribution in [0, 0.1) is 0 Å². The lowest BCUT2D eigenvalue weighted by atomic mass is 10.1. The van der Waals surface area contributed by atoms with Gasteiger partial charge >= 0.3 is 0 Å². The van der Waals surface area contributed by atoms with Gasteiger partial charge in [0.2, 0.25) is 0 Å². The molecule has 1 aliphatic rings. The van der Waals surface area contributed by atoms with Crippen molar-refractivity contribution < 1.29 is 4.74 Å². The van der Waals surface area contributed by atoms with E-state index in [2.05, 4.69) is 16.4 Å². The second-order valence-electron chi connectivity index (χ2n) is 4.12. The minimum atomic E-state index is 0.00774. The summed E-state index contributed by atoms with van der Waals surface area (Å²) in [7, 11) is 0. The first-order valence-electron chi connectivity index (χ1n) is 5.72. The molecule has 1 N–H and O–H groups in total. The maximum atomic E-state index is 6.22. The number of hydrogen-bond acceptors (Lipinski definition) is 3. The number of nitrogens with one attached hydrogen (secondary N) is 1. The zero-order chi connectivity index (χ0) is 11.7. The largest absolute Gasteiger partial charge is 0.371 e. The average Bonchev–Trinajstić information content (AvgIpc) is 2.39. The molecule has 0 bridgehead atoms. The Kier molecular flexibility index (Phi) is 2.97. The van der Waals surface area contributed by atoms with Crippen molar-refractivity contribution in [1.82, 2.24) is 10.3 Å². The number of rotatable bonds is 1. The van der Waals surface area contributed by atoms with E-state index in [0.29, 0.717) is 11.8 Å². The first-order chi connectivity index (χ1) is 8.34. The minimum Gasteiger partial charge on any atom is -0.371 e. The van der Waals surface area contributed by atoms with Gasteiger partial charge in [-0.25, -0.2) is 4.98 Å². The van der Waals surface area contributed by atoms with E-state index in [-0.39, 0.29) is 6.10 Å². The topological polar surface area (TPSA) is 34.2 Å². The summed E-state index contributed by atoms with van der Waals surface area (Å²) in [6, 6.07) is 10.0. The van der Waals surface area contributed by atoms with Gasteiger partial charge < -0.3 is 10.1 Å². The molecule has 0 amide bonds. The fraction of sp³-hybridized carbons (Fsp3) is 0.308. The van der Waals surface area contributed by atoms with E-state index in [4.69, 9.17) is 16.3 Å². The van der Waals surface area contributed by atoms with Gasteiger partial charge in [-0.05, 0) is 12.1 Å². The monoisotopic (exact) mass is 248 g/mol. The van der Waals surface area contributed by atoms with Gasteiger partial charge in [0.15, 0.2) is 0 Å². The van der Waals surface area contributed by atoms with Crippen LogP contribution >= 0.6 is 11.6 Å². The third-order valence-corrected chi connectivity index (χ3v) is 3.28. The molecule has 1 fully saturated rings. The van der Waals surface area contributed by atoms with Gasteiger partial charge in [0.25, 0.3) is 0 Å². The van der Waals surface area contributed by atoms with Crippen molar-refractivity contribution in [3.63, 3.8) is 0 Å². The number of para-hydroxylation sites is 1. The van der Waals surface area contributed by atoms with Crippen LogP contribution in [-0.2, 0) is 4.74 Å². The maximum absolute atomic E-state index is 6.22. The van der Waals surface area contributed by atoms with E-state index in [1.807, 2.05) is 24.3 Å². The van der Waals surface area contributed by atoms with Crippen LogP contribution in [-0.4, -0.2) is 24.7 Å². The Labute approximate surface area is 105 Å². The lowest BCUT2D eigenvalue weighted by Crippen LogP contribution is -2.33. The summed E-state index contributed by atoms with van der Waals surface area (Å²) in [6.07, 6.45) is 0.00774. The van der Waals surface area contributed by atoms with Gasteiger partial charge in [-0.1, -0.05) is 29.8 Å². The number of fused-ring (bicyclic) bond motifs is 1. The van der Waals surface area contributed by atoms with Crippen molar-refractivity contribution >= 4 is 22.5 Å². The number of aromatic nitrogens is 1. The molecular weight excluding hydrogens is 236 g/mol. The van der Waals surface area contributed by atoms with Crippen LogP contribution in [0.1, 0.15) is 11.7 Å². The van der Waals surface area contributed by atoms with E-state index in [1.165, 1.54) is 0 Å². The lowest BCUT2D eigenvalue weighted by Gasteiger charge is -2.24. The zero-order valence-electron chi connectivity index (χ0n) is 9.32. The normalized spacial score (nSPS) is 20.6. The molecule has 4 heteroatoms. The molecule has 2 aromatic rings. The number of hydrogen-bond donors (Lipinski definition) is 1. The van der Waals surface area contributed by atoms with Crippen molar-refractivity contribution in [2.24, 2.45) is 0 Å². The number of ether oxygens (including phenoxy) is 1. The highest BCUT2D eigenvalue weighted by Crippen LogP contribution is 2.28. The van der Waals surface area contributed by atoms with Crippen molar-refractivity contribution in [1.29, 1.82) is 0 Å². The smallest absolute Gasteiger partial charge is 0.135 e. The fourth-order valence-electron chi connectivity index (χ4n) is 2.10. The van der Waals surface area contributed by atoms with Gasteiger partial charge in [-0.15, -0.1) is 0 Å². The fourth-order valence-corrected chi connectivity index (χ4v) is 2.37. The molecular formula is C13H13ClN2O. The molecule has 1 aromatic carbocycles. The molecule has 88 valence electrons. The van der Waals surface area contributed by atoms with Crippen LogP contribution in [0.4, 0.5) is 0 Å². The summed E-state index contributed by atoms with van der Waals surface area (Å²) < 4.78 is 5.71. The molecule has 0 radical (unpaired) electrons. The Hall–Kier alpha value is -1.16. The third-order valence-electron chi connectivity index (χ3n) is 2.98. The van der Waals surface area contributed by atoms with Crippen LogP contribution in [0.3, 0.4) is 0 Å². The predicted octanol–water partition coefficient (Wildman–Crippen LogP) is 2.55. The molecule has 1 aromatic heterocycles. The highest BCUT2D eigenvalue weighted by atomic mass is 35.5. The molecule has 1 unspecified atom stereocenters. The number of benzene rings is 1. The minimum absolute atomic E-state index is 0.00774. The molecule has 0 aliphatic carbocycles. The quantitative estimate of drug-likeness (QED) is 0.788. The van der Waals surface area contributed by atoms with Crippen molar-refractivity contribution in [2.75, 3.05) is 19.7 Å². The Balaban J connectivity index is 2.06. The third kappa shape index (κ3) is 2.14. The Morgan fingerprint density at radius 1 is 1.35 bits per heavy atom. The van der Waals surface area contributed by atoms with Crippen LogP contribution in [0.15, 0.2) is 30.3 Å². The van der Waals surface area contributed by atoms with Gasteiger partial charge in [0.1, 0.15) is 5.15 Å². The molecule has 1 saturated heterocycles. The Morgan fingerprint density at radius 2 is 2.24 bits per heavy atom. The van der Waals surface area contributed by atoms with Crippen molar-refractivity contribution in [3.05, 3.63) is 41.0 Å². The molecule has 0 spiro atoms. The molecule has 3 rings (SSSR count). The van der Waals surface area contributed by atoms with Crippen LogP contribution in [0.2, 0.25) is 5.15 Å². The number of nitrogens with zero attached hydrogens (tertiary/aromatic N) is 1. The predicted molar refractivity (Wildman–Crippen MR) is 68.3 cm³/mol. The molecule has 0 saturated carbocycles. The summed E-state index contributed by atoms with van der Waals surface area (Å²) in [4.78, 5) is 4.41. The highest BCUT2D eigenvalue weighted by molar-refractivity contribution is 6.30. The lowest BCUT2D eigenvalue weighted by molar-refractivity contribution is 0.0276. The molecule has 3 nitrogen and oxygen atoms in total. The van der Waals surface area contributed by atoms with Crippen molar-refractivity contribution in [3.8, 4) is 0 Å². The van der Waals surface area contributed by atoms with Crippen LogP contribution in [0.5, 0.6) is 0 Å². The number of pyridine rings is 1. The van der Waals surface area contributed by atoms with Gasteiger partial charge in [-0.3, -0.25) is 0 Å². The second kappa shape index (κ2) is 4.61. The van der Waals surface area contributed by atoms with Gasteiger partial charge in [0, 0.05) is 24.0 Å². The first-order valence-corrected chi connectivity index (χ1v) is 6.10. The molecule has 1 atom stereocenters. The summed E-state index contributed by atoms with van der Waals surface area (Å²) in [5.74, 6) is 0. The average molecular weight is 249 g/mol. The maximum Gasteiger partial charge on any atom is 0.135 e. The number of halogens is 1. The zero-order valence-corrected chi connectivity index (χ0v) is 10.1. The summed E-state index contributed by atoms with van der Waals surface area (Å²) >= 11 is 6.22. The summed E-state index contributed by atoms with van der Waals surface area (Å²) in [6.45, 7) is 2.41. The Bertz CT molecular complexity index is 538. The van der Waals surface area contributed by atoms with E-state index < -0.39 is 0 Å². The molecule has 1 aliphatic heterocycles. The molecule has 17 heavy (non-hydrogen) atoms. The van der Waals surface area contributed by atoms with E-state index in [1.54, 1.807) is 0 Å². The number of morpholine rings is 1. The Morgan fingerprint density at radius 3 is 3.06 bits per heavy atom. The second-order valence-corrected chi connectivity index (χ2v) is 4.48. The summed E-state index contributed by atoms with van der Waals surface area (Å²) in [5, 5.41) is 4.93.